The number of benzene rings is 2. The standard InChI is InChI=1S/C31H38O2/c1-17(26-11-10-24(12-19(26)3)31(33)28-16-21(28)5)8-9-18(2)30(32)29-22(6)13-25(14-23(29)7)27-15-20(27)4/h10-14,18,20-21,27-28H,1,8-9,15-16H2,2-7H3. The molecule has 5 unspecified atom stereocenters. The third-order valence-electron chi connectivity index (χ3n) is 8.00. The van der Waals surface area contributed by atoms with E-state index in [1.54, 1.807) is 0 Å². The highest BCUT2D eigenvalue weighted by Gasteiger charge is 2.39. The summed E-state index contributed by atoms with van der Waals surface area (Å²) < 4.78 is 0. The molecule has 0 heterocycles. The number of hydrogen-bond donors (Lipinski definition) is 0. The Kier molecular flexibility index (Phi) is 6.49. The van der Waals surface area contributed by atoms with Crippen molar-refractivity contribution in [1.29, 1.82) is 0 Å². The third kappa shape index (κ3) is 4.90. The third-order valence-corrected chi connectivity index (χ3v) is 8.00. The predicted molar refractivity (Wildman–Crippen MR) is 137 cm³/mol. The van der Waals surface area contributed by atoms with Crippen molar-refractivity contribution in [1.82, 2.24) is 0 Å². The van der Waals surface area contributed by atoms with E-state index < -0.39 is 0 Å². The van der Waals surface area contributed by atoms with Crippen molar-refractivity contribution in [2.45, 2.75) is 73.1 Å². The molecule has 0 spiro atoms. The molecule has 0 saturated heterocycles. The molecule has 174 valence electrons. The van der Waals surface area contributed by atoms with E-state index in [1.165, 1.54) is 12.0 Å². The van der Waals surface area contributed by atoms with Crippen molar-refractivity contribution < 1.29 is 9.59 Å². The molecule has 2 aromatic rings. The Morgan fingerprint density at radius 1 is 0.970 bits per heavy atom. The van der Waals surface area contributed by atoms with Crippen molar-refractivity contribution in [3.8, 4) is 0 Å². The van der Waals surface area contributed by atoms with Crippen LogP contribution in [0.2, 0.25) is 0 Å². The van der Waals surface area contributed by atoms with Gasteiger partial charge in [0, 0.05) is 23.0 Å². The van der Waals surface area contributed by atoms with Crippen LogP contribution >= 0.6 is 0 Å². The minimum Gasteiger partial charge on any atom is -0.294 e. The molecule has 4 rings (SSSR count). The van der Waals surface area contributed by atoms with Gasteiger partial charge in [-0.25, -0.2) is 0 Å². The summed E-state index contributed by atoms with van der Waals surface area (Å²) in [6.45, 7) is 17.0. The smallest absolute Gasteiger partial charge is 0.166 e. The van der Waals surface area contributed by atoms with Crippen LogP contribution in [-0.2, 0) is 0 Å². The second kappa shape index (κ2) is 9.05. The molecule has 2 aliphatic carbocycles. The molecule has 5 atom stereocenters. The first-order chi connectivity index (χ1) is 15.6. The van der Waals surface area contributed by atoms with Gasteiger partial charge in [-0.05, 0) is 104 Å². The summed E-state index contributed by atoms with van der Waals surface area (Å²) in [7, 11) is 0. The molecule has 33 heavy (non-hydrogen) atoms. The summed E-state index contributed by atoms with van der Waals surface area (Å²) in [4.78, 5) is 25.9. The zero-order valence-electron chi connectivity index (χ0n) is 21.1. The van der Waals surface area contributed by atoms with Crippen molar-refractivity contribution in [3.05, 3.63) is 75.9 Å². The molecule has 2 fully saturated rings. The number of rotatable bonds is 9. The molecule has 2 heteroatoms. The molecular weight excluding hydrogens is 404 g/mol. The van der Waals surface area contributed by atoms with Gasteiger partial charge in [0.25, 0.3) is 0 Å². The van der Waals surface area contributed by atoms with Gasteiger partial charge in [0.1, 0.15) is 0 Å². The molecule has 0 N–H and O–H groups in total. The number of hydrogen-bond acceptors (Lipinski definition) is 2. The average Bonchev–Trinajstić information content (AvgIpc) is 3.68. The summed E-state index contributed by atoms with van der Waals surface area (Å²) in [6, 6.07) is 10.5. The summed E-state index contributed by atoms with van der Waals surface area (Å²) in [5.74, 6) is 2.63. The van der Waals surface area contributed by atoms with E-state index in [4.69, 9.17) is 0 Å². The molecule has 2 aromatic carbocycles. The maximum atomic E-state index is 13.3. The summed E-state index contributed by atoms with van der Waals surface area (Å²) in [5.41, 5.74) is 8.57. The lowest BCUT2D eigenvalue weighted by Crippen LogP contribution is -2.15. The van der Waals surface area contributed by atoms with Crippen molar-refractivity contribution in [2.75, 3.05) is 0 Å². The van der Waals surface area contributed by atoms with Crippen LogP contribution in [0.25, 0.3) is 5.57 Å². The Labute approximate surface area is 199 Å². The zero-order chi connectivity index (χ0) is 24.0. The molecule has 2 aliphatic rings. The summed E-state index contributed by atoms with van der Waals surface area (Å²) >= 11 is 0. The lowest BCUT2D eigenvalue weighted by Gasteiger charge is -2.17. The van der Waals surface area contributed by atoms with E-state index in [2.05, 4.69) is 53.3 Å². The molecule has 0 radical (unpaired) electrons. The predicted octanol–water partition coefficient (Wildman–Crippen LogP) is 7.89. The van der Waals surface area contributed by atoms with Gasteiger partial charge in [-0.2, -0.15) is 0 Å². The minimum atomic E-state index is -0.0534. The van der Waals surface area contributed by atoms with Crippen LogP contribution in [0, 0.1) is 44.4 Å². The van der Waals surface area contributed by atoms with Crippen LogP contribution in [0.1, 0.15) is 101 Å². The zero-order valence-corrected chi connectivity index (χ0v) is 21.1. The molecule has 2 saturated carbocycles. The van der Waals surface area contributed by atoms with Crippen molar-refractivity contribution in [3.63, 3.8) is 0 Å². The Bertz CT molecular complexity index is 1100. The SMILES string of the molecule is C=C(CCC(C)C(=O)c1c(C)cc(C2CC2C)cc1C)c1ccc(C(=O)C2CC2C)cc1C. The lowest BCUT2D eigenvalue weighted by atomic mass is 9.86. The van der Waals surface area contributed by atoms with E-state index in [0.29, 0.717) is 11.8 Å². The Morgan fingerprint density at radius 2 is 1.58 bits per heavy atom. The number of Topliss-reactive ketones (excluding diaryl/α,β-unsaturated/α-hetero) is 2. The van der Waals surface area contributed by atoms with Crippen LogP contribution in [0.4, 0.5) is 0 Å². The topological polar surface area (TPSA) is 34.1 Å². The second-order valence-electron chi connectivity index (χ2n) is 11.0. The van der Waals surface area contributed by atoms with Gasteiger partial charge in [-0.3, -0.25) is 9.59 Å². The molecule has 2 nitrogen and oxygen atoms in total. The van der Waals surface area contributed by atoms with Gasteiger partial charge < -0.3 is 0 Å². The number of ketones is 2. The molecule has 0 amide bonds. The monoisotopic (exact) mass is 442 g/mol. The van der Waals surface area contributed by atoms with E-state index in [-0.39, 0.29) is 23.4 Å². The number of carbonyl (C=O) groups excluding carboxylic acids is 2. The molecular formula is C31H38O2. The molecule has 0 aromatic heterocycles. The maximum absolute atomic E-state index is 13.3. The number of carbonyl (C=O) groups is 2. The van der Waals surface area contributed by atoms with Gasteiger partial charge in [0.2, 0.25) is 0 Å². The van der Waals surface area contributed by atoms with E-state index >= 15 is 0 Å². The first-order valence-electron chi connectivity index (χ1n) is 12.6. The first-order valence-corrected chi connectivity index (χ1v) is 12.6. The highest BCUT2D eigenvalue weighted by atomic mass is 16.1. The largest absolute Gasteiger partial charge is 0.294 e. The summed E-state index contributed by atoms with van der Waals surface area (Å²) in [6.07, 6.45) is 3.83. The van der Waals surface area contributed by atoms with E-state index in [9.17, 15) is 9.59 Å². The van der Waals surface area contributed by atoms with Gasteiger partial charge in [-0.15, -0.1) is 0 Å². The highest BCUT2D eigenvalue weighted by molar-refractivity contribution is 6.01. The van der Waals surface area contributed by atoms with Crippen LogP contribution < -0.4 is 0 Å². The number of allylic oxidation sites excluding steroid dienone is 1. The quantitative estimate of drug-likeness (QED) is 0.370. The van der Waals surface area contributed by atoms with E-state index in [1.807, 2.05) is 25.1 Å². The van der Waals surface area contributed by atoms with Gasteiger partial charge in [-0.1, -0.05) is 51.6 Å². The van der Waals surface area contributed by atoms with Gasteiger partial charge in [0.15, 0.2) is 11.6 Å². The Hall–Kier alpha value is -2.48. The fourth-order valence-corrected chi connectivity index (χ4v) is 5.40. The Morgan fingerprint density at radius 3 is 2.09 bits per heavy atom. The van der Waals surface area contributed by atoms with Crippen LogP contribution in [0.5, 0.6) is 0 Å². The van der Waals surface area contributed by atoms with Gasteiger partial charge >= 0.3 is 0 Å². The molecule has 0 bridgehead atoms. The van der Waals surface area contributed by atoms with Crippen molar-refractivity contribution in [2.24, 2.45) is 23.7 Å². The van der Waals surface area contributed by atoms with Crippen LogP contribution in [0.15, 0.2) is 36.9 Å². The fourth-order valence-electron chi connectivity index (χ4n) is 5.40. The van der Waals surface area contributed by atoms with Crippen LogP contribution in [-0.4, -0.2) is 11.6 Å². The normalized spacial score (nSPS) is 24.3. The fraction of sp³-hybridized carbons (Fsp3) is 0.484. The van der Waals surface area contributed by atoms with Crippen molar-refractivity contribution >= 4 is 17.1 Å². The van der Waals surface area contributed by atoms with E-state index in [0.717, 1.165) is 64.1 Å². The second-order valence-corrected chi connectivity index (χ2v) is 11.0. The van der Waals surface area contributed by atoms with Gasteiger partial charge in [0.05, 0.1) is 0 Å². The number of aryl methyl sites for hydroxylation is 3. The highest BCUT2D eigenvalue weighted by Crippen LogP contribution is 2.47. The Balaban J connectivity index is 1.39. The lowest BCUT2D eigenvalue weighted by molar-refractivity contribution is 0.0922. The molecule has 0 aliphatic heterocycles. The summed E-state index contributed by atoms with van der Waals surface area (Å²) in [5, 5.41) is 0. The first kappa shape index (κ1) is 23.7. The van der Waals surface area contributed by atoms with Crippen LogP contribution in [0.3, 0.4) is 0 Å². The minimum absolute atomic E-state index is 0.0534. The average molecular weight is 443 g/mol. The maximum Gasteiger partial charge on any atom is 0.166 e.